The second-order valence-electron chi connectivity index (χ2n) is 5.53. The summed E-state index contributed by atoms with van der Waals surface area (Å²) in [6.07, 6.45) is 0. The summed E-state index contributed by atoms with van der Waals surface area (Å²) in [7, 11) is 0. The van der Waals surface area contributed by atoms with Crippen molar-refractivity contribution in [2.45, 2.75) is 13.1 Å². The number of nitrogens with one attached hydrogen (secondary N) is 1. The van der Waals surface area contributed by atoms with E-state index in [0.717, 1.165) is 5.56 Å². The highest BCUT2D eigenvalue weighted by Crippen LogP contribution is 2.18. The van der Waals surface area contributed by atoms with Gasteiger partial charge in [0.15, 0.2) is 11.5 Å². The SMILES string of the molecule is Nc1c(C(=O)NCc2ccc(F)cc2)nnn1Cc1ccc(Br)cc1F. The predicted molar refractivity (Wildman–Crippen MR) is 95.2 cm³/mol. The van der Waals surface area contributed by atoms with E-state index >= 15 is 0 Å². The van der Waals surface area contributed by atoms with E-state index < -0.39 is 11.7 Å². The van der Waals surface area contributed by atoms with Gasteiger partial charge in [0.05, 0.1) is 6.54 Å². The molecular weight excluding hydrogens is 408 g/mol. The third kappa shape index (κ3) is 4.05. The van der Waals surface area contributed by atoms with E-state index in [2.05, 4.69) is 31.6 Å². The molecule has 0 atom stereocenters. The molecule has 2 aromatic carbocycles. The van der Waals surface area contributed by atoms with Gasteiger partial charge in [-0.05, 0) is 29.8 Å². The number of nitrogens with zero attached hydrogens (tertiary/aromatic N) is 3. The standard InChI is InChI=1S/C17H14BrF2N5O/c18-12-4-3-11(14(20)7-12)9-25-16(21)15(23-24-25)17(26)22-8-10-1-5-13(19)6-2-10/h1-7H,8-9,21H2,(H,22,26). The van der Waals surface area contributed by atoms with Gasteiger partial charge in [-0.15, -0.1) is 5.10 Å². The molecule has 0 bridgehead atoms. The molecule has 0 radical (unpaired) electrons. The maximum Gasteiger partial charge on any atom is 0.275 e. The number of hydrogen-bond donors (Lipinski definition) is 2. The van der Waals surface area contributed by atoms with Crippen LogP contribution in [0, 0.1) is 11.6 Å². The average molecular weight is 422 g/mol. The monoisotopic (exact) mass is 421 g/mol. The zero-order valence-electron chi connectivity index (χ0n) is 13.4. The van der Waals surface area contributed by atoms with E-state index in [9.17, 15) is 13.6 Å². The number of nitrogen functional groups attached to an aromatic ring is 1. The fourth-order valence-corrected chi connectivity index (χ4v) is 2.61. The number of nitrogens with two attached hydrogens (primary N) is 1. The molecule has 26 heavy (non-hydrogen) atoms. The second kappa shape index (κ2) is 7.61. The van der Waals surface area contributed by atoms with Crippen LogP contribution < -0.4 is 11.1 Å². The number of anilines is 1. The Bertz CT molecular complexity index is 943. The molecule has 9 heteroatoms. The third-order valence-electron chi connectivity index (χ3n) is 3.69. The first kappa shape index (κ1) is 18.0. The molecule has 1 heterocycles. The van der Waals surface area contributed by atoms with Gasteiger partial charge in [-0.2, -0.15) is 0 Å². The van der Waals surface area contributed by atoms with Crippen molar-refractivity contribution in [3.63, 3.8) is 0 Å². The fourth-order valence-electron chi connectivity index (χ4n) is 2.28. The molecule has 0 aliphatic rings. The summed E-state index contributed by atoms with van der Waals surface area (Å²) in [6, 6.07) is 10.4. The first-order valence-electron chi connectivity index (χ1n) is 7.59. The number of hydrogen-bond acceptors (Lipinski definition) is 4. The van der Waals surface area contributed by atoms with Crippen molar-refractivity contribution in [3.05, 3.63) is 75.4 Å². The maximum absolute atomic E-state index is 13.9. The van der Waals surface area contributed by atoms with E-state index in [0.29, 0.717) is 10.0 Å². The summed E-state index contributed by atoms with van der Waals surface area (Å²) in [5, 5.41) is 10.2. The summed E-state index contributed by atoms with van der Waals surface area (Å²) in [4.78, 5) is 12.2. The van der Waals surface area contributed by atoms with Crippen LogP contribution in [0.25, 0.3) is 0 Å². The summed E-state index contributed by atoms with van der Waals surface area (Å²) in [5.41, 5.74) is 6.95. The molecule has 0 spiro atoms. The summed E-state index contributed by atoms with van der Waals surface area (Å²) in [6.45, 7) is 0.232. The van der Waals surface area contributed by atoms with E-state index in [4.69, 9.17) is 5.73 Å². The van der Waals surface area contributed by atoms with Gasteiger partial charge in [0.1, 0.15) is 11.6 Å². The Morgan fingerprint density at radius 1 is 1.19 bits per heavy atom. The maximum atomic E-state index is 13.9. The largest absolute Gasteiger partial charge is 0.382 e. The van der Waals surface area contributed by atoms with Gasteiger partial charge in [-0.25, -0.2) is 13.5 Å². The first-order valence-corrected chi connectivity index (χ1v) is 8.39. The molecular formula is C17H14BrF2N5O. The first-order chi connectivity index (χ1) is 12.4. The van der Waals surface area contributed by atoms with Gasteiger partial charge in [0.25, 0.3) is 5.91 Å². The molecule has 0 aliphatic heterocycles. The molecule has 0 unspecified atom stereocenters. The Morgan fingerprint density at radius 3 is 2.62 bits per heavy atom. The number of rotatable bonds is 5. The van der Waals surface area contributed by atoms with E-state index in [-0.39, 0.29) is 30.4 Å². The molecule has 3 N–H and O–H groups in total. The minimum absolute atomic E-state index is 0.0314. The van der Waals surface area contributed by atoms with E-state index in [1.54, 1.807) is 24.3 Å². The Labute approximate surface area is 156 Å². The number of carbonyl (C=O) groups excluding carboxylic acids is 1. The Morgan fingerprint density at radius 2 is 1.92 bits per heavy atom. The molecule has 134 valence electrons. The van der Waals surface area contributed by atoms with Crippen LogP contribution in [0.3, 0.4) is 0 Å². The van der Waals surface area contributed by atoms with Crippen LogP contribution in [0.4, 0.5) is 14.6 Å². The van der Waals surface area contributed by atoms with Crippen molar-refractivity contribution < 1.29 is 13.6 Å². The lowest BCUT2D eigenvalue weighted by Crippen LogP contribution is -2.24. The van der Waals surface area contributed by atoms with E-state index in [1.807, 2.05) is 0 Å². The number of benzene rings is 2. The lowest BCUT2D eigenvalue weighted by atomic mass is 10.2. The summed E-state index contributed by atoms with van der Waals surface area (Å²) in [5.74, 6) is -1.26. The van der Waals surface area contributed by atoms with Crippen LogP contribution >= 0.6 is 15.9 Å². The smallest absolute Gasteiger partial charge is 0.275 e. The van der Waals surface area contributed by atoms with Gasteiger partial charge in [-0.1, -0.05) is 39.3 Å². The second-order valence-corrected chi connectivity index (χ2v) is 6.44. The third-order valence-corrected chi connectivity index (χ3v) is 4.18. The molecule has 0 saturated carbocycles. The molecule has 1 amide bonds. The normalized spacial score (nSPS) is 10.7. The van der Waals surface area contributed by atoms with Crippen LogP contribution in [-0.2, 0) is 13.1 Å². The molecule has 3 aromatic rings. The summed E-state index contributed by atoms with van der Waals surface area (Å²) >= 11 is 3.19. The highest BCUT2D eigenvalue weighted by atomic mass is 79.9. The van der Waals surface area contributed by atoms with Gasteiger partial charge < -0.3 is 11.1 Å². The lowest BCUT2D eigenvalue weighted by molar-refractivity contribution is 0.0946. The molecule has 0 aliphatic carbocycles. The minimum Gasteiger partial charge on any atom is -0.382 e. The quantitative estimate of drug-likeness (QED) is 0.662. The highest BCUT2D eigenvalue weighted by Gasteiger charge is 2.18. The van der Waals surface area contributed by atoms with Crippen molar-refractivity contribution in [1.82, 2.24) is 20.3 Å². The topological polar surface area (TPSA) is 85.8 Å². The lowest BCUT2D eigenvalue weighted by Gasteiger charge is -2.06. The van der Waals surface area contributed by atoms with Crippen LogP contribution in [-0.4, -0.2) is 20.9 Å². The fraction of sp³-hybridized carbons (Fsp3) is 0.118. The highest BCUT2D eigenvalue weighted by molar-refractivity contribution is 9.10. The molecule has 1 aromatic heterocycles. The Balaban J connectivity index is 1.69. The van der Waals surface area contributed by atoms with Gasteiger partial charge in [-0.3, -0.25) is 4.79 Å². The summed E-state index contributed by atoms with van der Waals surface area (Å²) < 4.78 is 28.7. The predicted octanol–water partition coefficient (Wildman–Crippen LogP) is 2.88. The number of aromatic nitrogens is 3. The van der Waals surface area contributed by atoms with Gasteiger partial charge >= 0.3 is 0 Å². The van der Waals surface area contributed by atoms with Crippen LogP contribution in [0.5, 0.6) is 0 Å². The minimum atomic E-state index is -0.519. The van der Waals surface area contributed by atoms with Gasteiger partial charge in [0, 0.05) is 16.6 Å². The van der Waals surface area contributed by atoms with Crippen molar-refractivity contribution >= 4 is 27.7 Å². The molecule has 0 saturated heterocycles. The zero-order valence-corrected chi connectivity index (χ0v) is 15.0. The number of carbonyl (C=O) groups is 1. The molecule has 6 nitrogen and oxygen atoms in total. The van der Waals surface area contributed by atoms with Gasteiger partial charge in [0.2, 0.25) is 0 Å². The van der Waals surface area contributed by atoms with Crippen LogP contribution in [0.2, 0.25) is 0 Å². The van der Waals surface area contributed by atoms with Crippen LogP contribution in [0.15, 0.2) is 46.9 Å². The Kier molecular flexibility index (Phi) is 5.27. The molecule has 3 rings (SSSR count). The average Bonchev–Trinajstić information content (AvgIpc) is 2.97. The van der Waals surface area contributed by atoms with Crippen molar-refractivity contribution in [1.29, 1.82) is 0 Å². The molecule has 0 fully saturated rings. The van der Waals surface area contributed by atoms with Crippen molar-refractivity contribution in [2.24, 2.45) is 0 Å². The van der Waals surface area contributed by atoms with Crippen LogP contribution in [0.1, 0.15) is 21.6 Å². The zero-order chi connectivity index (χ0) is 18.7. The number of halogens is 3. The number of amides is 1. The van der Waals surface area contributed by atoms with Crippen molar-refractivity contribution in [3.8, 4) is 0 Å². The Hall–Kier alpha value is -2.81. The van der Waals surface area contributed by atoms with Crippen molar-refractivity contribution in [2.75, 3.05) is 5.73 Å². The van der Waals surface area contributed by atoms with E-state index in [1.165, 1.54) is 22.9 Å².